The van der Waals surface area contributed by atoms with Crippen LogP contribution < -0.4 is 5.73 Å². The Morgan fingerprint density at radius 3 is 2.37 bits per heavy atom. The maximum Gasteiger partial charge on any atom is 0.0746 e. The lowest BCUT2D eigenvalue weighted by molar-refractivity contribution is 0.102. The molecule has 0 spiro atoms. The van der Waals surface area contributed by atoms with Gasteiger partial charge in [-0.15, -0.1) is 0 Å². The van der Waals surface area contributed by atoms with Crippen LogP contribution in [0.1, 0.15) is 24.9 Å². The second-order valence-corrected chi connectivity index (χ2v) is 5.59. The molecule has 3 nitrogen and oxygen atoms in total. The molecule has 1 aromatic carbocycles. The molecule has 1 atom stereocenters. The number of benzene rings is 1. The van der Waals surface area contributed by atoms with Gasteiger partial charge in [-0.1, -0.05) is 49.5 Å². The summed E-state index contributed by atoms with van der Waals surface area (Å²) in [6.45, 7) is 7.82. The molecule has 2 rings (SSSR count). The minimum absolute atomic E-state index is 0.331. The highest BCUT2D eigenvalue weighted by Gasteiger charge is 2.24. The van der Waals surface area contributed by atoms with Gasteiger partial charge in [0.15, 0.2) is 0 Å². The van der Waals surface area contributed by atoms with Crippen molar-refractivity contribution >= 4 is 17.2 Å². The molecule has 1 aliphatic heterocycles. The number of hydrogen-bond donors (Lipinski definition) is 1. The molecule has 1 saturated heterocycles. The van der Waals surface area contributed by atoms with Crippen LogP contribution in [-0.2, 0) is 0 Å². The number of piperazine rings is 1. The number of nitrogens with zero attached hydrogens (tertiary/aromatic N) is 2. The Labute approximate surface area is 121 Å². The van der Waals surface area contributed by atoms with E-state index in [1.165, 1.54) is 5.56 Å². The van der Waals surface area contributed by atoms with Crippen molar-refractivity contribution in [1.29, 1.82) is 0 Å². The van der Waals surface area contributed by atoms with Crippen LogP contribution in [0.25, 0.3) is 0 Å². The zero-order valence-corrected chi connectivity index (χ0v) is 12.4. The van der Waals surface area contributed by atoms with E-state index < -0.39 is 0 Å². The van der Waals surface area contributed by atoms with Gasteiger partial charge in [0.25, 0.3) is 0 Å². The molecule has 1 unspecified atom stereocenters. The first-order valence-electron chi connectivity index (χ1n) is 7.00. The number of nitrogens with two attached hydrogens (primary N) is 1. The standard InChI is InChI=1S/C15H23N3S/c1-2-17-8-10-18(11-9-17)14(12-15(16)19)13-6-4-3-5-7-13/h3-7,14H,2,8-12H2,1H3,(H2,16,19). The first-order valence-corrected chi connectivity index (χ1v) is 7.41. The van der Waals surface area contributed by atoms with E-state index in [4.69, 9.17) is 18.0 Å². The Morgan fingerprint density at radius 1 is 1.21 bits per heavy atom. The summed E-state index contributed by atoms with van der Waals surface area (Å²) in [5, 5.41) is 0. The third-order valence-corrected chi connectivity index (χ3v) is 4.04. The van der Waals surface area contributed by atoms with E-state index in [2.05, 4.69) is 47.1 Å². The maximum absolute atomic E-state index is 5.79. The summed E-state index contributed by atoms with van der Waals surface area (Å²) in [4.78, 5) is 5.60. The summed E-state index contributed by atoms with van der Waals surface area (Å²) in [6.07, 6.45) is 0.769. The van der Waals surface area contributed by atoms with Crippen LogP contribution in [0.4, 0.5) is 0 Å². The molecule has 0 radical (unpaired) electrons. The lowest BCUT2D eigenvalue weighted by Crippen LogP contribution is -2.47. The Hall–Kier alpha value is -0.970. The van der Waals surface area contributed by atoms with E-state index in [1.807, 2.05) is 0 Å². The van der Waals surface area contributed by atoms with Crippen molar-refractivity contribution in [2.45, 2.75) is 19.4 Å². The fourth-order valence-corrected chi connectivity index (χ4v) is 2.87. The van der Waals surface area contributed by atoms with E-state index in [1.54, 1.807) is 0 Å². The lowest BCUT2D eigenvalue weighted by Gasteiger charge is -2.39. The summed E-state index contributed by atoms with van der Waals surface area (Å²) in [5.74, 6) is 0. The zero-order valence-electron chi connectivity index (χ0n) is 11.6. The predicted octanol–water partition coefficient (Wildman–Crippen LogP) is 2.04. The summed E-state index contributed by atoms with van der Waals surface area (Å²) >= 11 is 5.13. The molecule has 1 heterocycles. The Kier molecular flexibility index (Phi) is 5.31. The predicted molar refractivity (Wildman–Crippen MR) is 84.3 cm³/mol. The molecule has 0 aromatic heterocycles. The van der Waals surface area contributed by atoms with E-state index in [0.29, 0.717) is 11.0 Å². The van der Waals surface area contributed by atoms with Crippen molar-refractivity contribution in [2.75, 3.05) is 32.7 Å². The van der Waals surface area contributed by atoms with E-state index in [0.717, 1.165) is 39.1 Å². The Bertz CT molecular complexity index is 399. The highest BCUT2D eigenvalue weighted by atomic mass is 32.1. The van der Waals surface area contributed by atoms with Gasteiger partial charge in [0.2, 0.25) is 0 Å². The molecule has 4 heteroatoms. The number of thiocarbonyl (C=S) groups is 1. The van der Waals surface area contributed by atoms with Gasteiger partial charge in [-0.3, -0.25) is 4.90 Å². The molecule has 19 heavy (non-hydrogen) atoms. The molecule has 0 amide bonds. The molecule has 1 aromatic rings. The third-order valence-electron chi connectivity index (χ3n) is 3.87. The van der Waals surface area contributed by atoms with Crippen molar-refractivity contribution < 1.29 is 0 Å². The van der Waals surface area contributed by atoms with Crippen molar-refractivity contribution in [3.8, 4) is 0 Å². The second kappa shape index (κ2) is 6.98. The summed E-state index contributed by atoms with van der Waals surface area (Å²) in [6, 6.07) is 10.9. The Morgan fingerprint density at radius 2 is 1.84 bits per heavy atom. The lowest BCUT2D eigenvalue weighted by atomic mass is 10.0. The fraction of sp³-hybridized carbons (Fsp3) is 0.533. The van der Waals surface area contributed by atoms with Gasteiger partial charge in [0, 0.05) is 38.6 Å². The fourth-order valence-electron chi connectivity index (χ4n) is 2.71. The van der Waals surface area contributed by atoms with Crippen molar-refractivity contribution in [3.05, 3.63) is 35.9 Å². The average molecular weight is 277 g/mol. The largest absolute Gasteiger partial charge is 0.393 e. The van der Waals surface area contributed by atoms with Crippen molar-refractivity contribution in [1.82, 2.24) is 9.80 Å². The first kappa shape index (κ1) is 14.4. The zero-order chi connectivity index (χ0) is 13.7. The van der Waals surface area contributed by atoms with Crippen molar-refractivity contribution in [2.24, 2.45) is 5.73 Å². The van der Waals surface area contributed by atoms with E-state index >= 15 is 0 Å². The highest BCUT2D eigenvalue weighted by Crippen LogP contribution is 2.25. The summed E-state index contributed by atoms with van der Waals surface area (Å²) < 4.78 is 0. The Balaban J connectivity index is 2.08. The molecule has 2 N–H and O–H groups in total. The maximum atomic E-state index is 5.79. The van der Waals surface area contributed by atoms with Gasteiger partial charge in [0.1, 0.15) is 0 Å². The minimum atomic E-state index is 0.331. The van der Waals surface area contributed by atoms with Crippen LogP contribution in [0.5, 0.6) is 0 Å². The van der Waals surface area contributed by atoms with Gasteiger partial charge in [-0.05, 0) is 12.1 Å². The van der Waals surface area contributed by atoms with Crippen molar-refractivity contribution in [3.63, 3.8) is 0 Å². The molecule has 0 aliphatic carbocycles. The van der Waals surface area contributed by atoms with Gasteiger partial charge in [0.05, 0.1) is 4.99 Å². The van der Waals surface area contributed by atoms with Gasteiger partial charge < -0.3 is 10.6 Å². The number of rotatable bonds is 5. The molecule has 104 valence electrons. The van der Waals surface area contributed by atoms with Gasteiger partial charge in [-0.25, -0.2) is 0 Å². The van der Waals surface area contributed by atoms with E-state index in [9.17, 15) is 0 Å². The van der Waals surface area contributed by atoms with Crippen LogP contribution in [0.15, 0.2) is 30.3 Å². The van der Waals surface area contributed by atoms with Gasteiger partial charge in [-0.2, -0.15) is 0 Å². The topological polar surface area (TPSA) is 32.5 Å². The molecule has 0 saturated carbocycles. The molecule has 1 fully saturated rings. The van der Waals surface area contributed by atoms with Crippen LogP contribution >= 0.6 is 12.2 Å². The second-order valence-electron chi connectivity index (χ2n) is 5.07. The molecular weight excluding hydrogens is 254 g/mol. The minimum Gasteiger partial charge on any atom is -0.393 e. The van der Waals surface area contributed by atoms with Crippen LogP contribution in [0, 0.1) is 0 Å². The first-order chi connectivity index (χ1) is 9.20. The van der Waals surface area contributed by atoms with E-state index in [-0.39, 0.29) is 0 Å². The smallest absolute Gasteiger partial charge is 0.0746 e. The van der Waals surface area contributed by atoms with Gasteiger partial charge >= 0.3 is 0 Å². The normalized spacial score (nSPS) is 19.2. The monoisotopic (exact) mass is 277 g/mol. The van der Waals surface area contributed by atoms with Crippen LogP contribution in [0.2, 0.25) is 0 Å². The van der Waals surface area contributed by atoms with Crippen LogP contribution in [0.3, 0.4) is 0 Å². The number of hydrogen-bond acceptors (Lipinski definition) is 3. The molecule has 1 aliphatic rings. The van der Waals surface area contributed by atoms with Crippen LogP contribution in [-0.4, -0.2) is 47.5 Å². The molecule has 0 bridgehead atoms. The molecular formula is C15H23N3S. The quantitative estimate of drug-likeness (QED) is 0.835. The SMILES string of the molecule is CCN1CCN(C(CC(N)=S)c2ccccc2)CC1. The average Bonchev–Trinajstić information content (AvgIpc) is 2.46. The summed E-state index contributed by atoms with van der Waals surface area (Å²) in [7, 11) is 0. The third kappa shape index (κ3) is 4.00. The highest BCUT2D eigenvalue weighted by molar-refractivity contribution is 7.80. The number of likely N-dealkylation sites (N-methyl/N-ethyl adjacent to an activating group) is 1. The summed E-state index contributed by atoms with van der Waals surface area (Å²) in [5.41, 5.74) is 7.10.